The summed E-state index contributed by atoms with van der Waals surface area (Å²) in [5.74, 6) is 1.79. The lowest BCUT2D eigenvalue weighted by Crippen LogP contribution is -2.40. The standard InChI is InChI=1S/C23H39N5O.HI/c1-20-8-12-27(13-9-20)11-5-10-25-23(24-2)26-18-21-6-3-4-7-22(21)19-28-14-16-29-17-15-28;/h3-4,6-7,20H,5,8-19H2,1-2H3,(H2,24,25,26);1H. The zero-order chi connectivity index (χ0) is 20.3. The van der Waals surface area contributed by atoms with Crippen molar-refractivity contribution in [2.24, 2.45) is 10.9 Å². The highest BCUT2D eigenvalue weighted by atomic mass is 127. The summed E-state index contributed by atoms with van der Waals surface area (Å²) in [6, 6.07) is 8.71. The lowest BCUT2D eigenvalue weighted by Gasteiger charge is -2.30. The van der Waals surface area contributed by atoms with E-state index in [-0.39, 0.29) is 24.0 Å². The van der Waals surface area contributed by atoms with Crippen LogP contribution in [-0.2, 0) is 17.8 Å². The Labute approximate surface area is 199 Å². The van der Waals surface area contributed by atoms with E-state index in [9.17, 15) is 0 Å². The number of benzene rings is 1. The predicted octanol–water partition coefficient (Wildman–Crippen LogP) is 2.92. The second kappa shape index (κ2) is 14.2. The first-order valence-corrected chi connectivity index (χ1v) is 11.3. The molecule has 2 fully saturated rings. The molecule has 0 amide bonds. The van der Waals surface area contributed by atoms with E-state index >= 15 is 0 Å². The number of hydrogen-bond donors (Lipinski definition) is 2. The minimum absolute atomic E-state index is 0. The molecule has 0 aromatic heterocycles. The summed E-state index contributed by atoms with van der Waals surface area (Å²) in [6.45, 7) is 12.5. The van der Waals surface area contributed by atoms with Crippen molar-refractivity contribution in [2.45, 2.75) is 39.3 Å². The number of nitrogens with one attached hydrogen (secondary N) is 2. The van der Waals surface area contributed by atoms with Crippen LogP contribution in [0.15, 0.2) is 29.3 Å². The summed E-state index contributed by atoms with van der Waals surface area (Å²) in [5.41, 5.74) is 2.72. The number of likely N-dealkylation sites (tertiary alicyclic amines) is 1. The number of ether oxygens (including phenoxy) is 1. The largest absolute Gasteiger partial charge is 0.379 e. The lowest BCUT2D eigenvalue weighted by atomic mass is 9.99. The number of piperidine rings is 1. The summed E-state index contributed by atoms with van der Waals surface area (Å²) < 4.78 is 5.47. The summed E-state index contributed by atoms with van der Waals surface area (Å²) in [7, 11) is 1.85. The molecule has 0 atom stereocenters. The highest BCUT2D eigenvalue weighted by molar-refractivity contribution is 14.0. The van der Waals surface area contributed by atoms with Crippen LogP contribution in [-0.4, -0.2) is 75.3 Å². The number of hydrogen-bond acceptors (Lipinski definition) is 4. The average Bonchev–Trinajstić information content (AvgIpc) is 2.76. The first-order chi connectivity index (χ1) is 14.2. The fourth-order valence-electron chi connectivity index (χ4n) is 4.08. The number of aliphatic imine (C=N–C) groups is 1. The monoisotopic (exact) mass is 529 g/mol. The Hall–Kier alpha value is -0.900. The van der Waals surface area contributed by atoms with Crippen LogP contribution in [0.25, 0.3) is 0 Å². The molecule has 0 aliphatic carbocycles. The third kappa shape index (κ3) is 8.69. The topological polar surface area (TPSA) is 52.1 Å². The number of guanidine groups is 1. The molecule has 7 heteroatoms. The molecule has 1 aromatic carbocycles. The van der Waals surface area contributed by atoms with Crippen molar-refractivity contribution in [3.8, 4) is 0 Å². The van der Waals surface area contributed by atoms with Crippen molar-refractivity contribution in [3.63, 3.8) is 0 Å². The molecule has 2 heterocycles. The Morgan fingerprint density at radius 3 is 2.43 bits per heavy atom. The van der Waals surface area contributed by atoms with Crippen molar-refractivity contribution >= 4 is 29.9 Å². The van der Waals surface area contributed by atoms with E-state index in [4.69, 9.17) is 4.74 Å². The van der Waals surface area contributed by atoms with Gasteiger partial charge in [-0.15, -0.1) is 24.0 Å². The van der Waals surface area contributed by atoms with Gasteiger partial charge in [0.1, 0.15) is 0 Å². The maximum atomic E-state index is 5.47. The smallest absolute Gasteiger partial charge is 0.191 e. The molecule has 2 aliphatic heterocycles. The van der Waals surface area contributed by atoms with E-state index in [0.717, 1.165) is 64.2 Å². The van der Waals surface area contributed by atoms with Crippen LogP contribution in [0.4, 0.5) is 0 Å². The molecular formula is C23H40IN5O. The number of rotatable bonds is 8. The van der Waals surface area contributed by atoms with Crippen LogP contribution in [0.1, 0.15) is 37.3 Å². The molecule has 0 spiro atoms. The summed E-state index contributed by atoms with van der Waals surface area (Å²) >= 11 is 0. The summed E-state index contributed by atoms with van der Waals surface area (Å²) in [4.78, 5) is 9.46. The maximum absolute atomic E-state index is 5.47. The van der Waals surface area contributed by atoms with Crippen molar-refractivity contribution in [1.82, 2.24) is 20.4 Å². The second-order valence-electron chi connectivity index (χ2n) is 8.39. The van der Waals surface area contributed by atoms with Crippen molar-refractivity contribution in [3.05, 3.63) is 35.4 Å². The van der Waals surface area contributed by atoms with Crippen LogP contribution in [0.2, 0.25) is 0 Å². The predicted molar refractivity (Wildman–Crippen MR) is 136 cm³/mol. The van der Waals surface area contributed by atoms with Crippen molar-refractivity contribution in [1.29, 1.82) is 0 Å². The van der Waals surface area contributed by atoms with Gasteiger partial charge in [0.2, 0.25) is 0 Å². The Morgan fingerprint density at radius 2 is 1.73 bits per heavy atom. The van der Waals surface area contributed by atoms with E-state index in [2.05, 4.69) is 56.6 Å². The molecule has 30 heavy (non-hydrogen) atoms. The van der Waals surface area contributed by atoms with E-state index in [1.54, 1.807) is 0 Å². The van der Waals surface area contributed by atoms with Gasteiger partial charge in [-0.3, -0.25) is 9.89 Å². The highest BCUT2D eigenvalue weighted by Gasteiger charge is 2.15. The van der Waals surface area contributed by atoms with E-state index in [1.165, 1.54) is 43.6 Å². The highest BCUT2D eigenvalue weighted by Crippen LogP contribution is 2.16. The molecule has 0 unspecified atom stereocenters. The molecule has 2 aliphatic rings. The SMILES string of the molecule is CN=C(NCCCN1CCC(C)CC1)NCc1ccccc1CN1CCOCC1.I. The third-order valence-electron chi connectivity index (χ3n) is 6.11. The van der Waals surface area contributed by atoms with Gasteiger partial charge in [-0.25, -0.2) is 0 Å². The molecule has 3 rings (SSSR count). The van der Waals surface area contributed by atoms with Gasteiger partial charge in [-0.2, -0.15) is 0 Å². The lowest BCUT2D eigenvalue weighted by molar-refractivity contribution is 0.0341. The quantitative estimate of drug-likeness (QED) is 0.235. The van der Waals surface area contributed by atoms with Gasteiger partial charge in [0, 0.05) is 39.8 Å². The number of nitrogens with zero attached hydrogens (tertiary/aromatic N) is 3. The zero-order valence-corrected chi connectivity index (χ0v) is 21.1. The van der Waals surface area contributed by atoms with Gasteiger partial charge in [0.05, 0.1) is 13.2 Å². The Bertz CT molecular complexity index is 628. The molecule has 2 N–H and O–H groups in total. The molecule has 2 saturated heterocycles. The van der Waals surface area contributed by atoms with E-state index in [0.29, 0.717) is 0 Å². The van der Waals surface area contributed by atoms with Crippen molar-refractivity contribution < 1.29 is 4.74 Å². The number of morpholine rings is 1. The fourth-order valence-corrected chi connectivity index (χ4v) is 4.08. The normalized spacial score (nSPS) is 19.3. The minimum Gasteiger partial charge on any atom is -0.379 e. The summed E-state index contributed by atoms with van der Waals surface area (Å²) in [5, 5.41) is 6.96. The zero-order valence-electron chi connectivity index (χ0n) is 18.7. The Kier molecular flexibility index (Phi) is 12.0. The number of halogens is 1. The van der Waals surface area contributed by atoms with Crippen LogP contribution in [0.5, 0.6) is 0 Å². The van der Waals surface area contributed by atoms with Gasteiger partial charge in [0.25, 0.3) is 0 Å². The first kappa shape index (κ1) is 25.4. The second-order valence-corrected chi connectivity index (χ2v) is 8.39. The van der Waals surface area contributed by atoms with Gasteiger partial charge in [-0.05, 0) is 55.9 Å². The molecular weight excluding hydrogens is 489 g/mol. The van der Waals surface area contributed by atoms with Crippen molar-refractivity contribution in [2.75, 3.05) is 59.5 Å². The first-order valence-electron chi connectivity index (χ1n) is 11.3. The Balaban J connectivity index is 0.00000320. The van der Waals surface area contributed by atoms with Crippen LogP contribution < -0.4 is 10.6 Å². The molecule has 6 nitrogen and oxygen atoms in total. The van der Waals surface area contributed by atoms with E-state index < -0.39 is 0 Å². The molecule has 0 saturated carbocycles. The van der Waals surface area contributed by atoms with Crippen LogP contribution in [0, 0.1) is 5.92 Å². The summed E-state index contributed by atoms with van der Waals surface area (Å²) in [6.07, 6.45) is 3.85. The molecule has 170 valence electrons. The molecule has 0 radical (unpaired) electrons. The van der Waals surface area contributed by atoms with Crippen LogP contribution >= 0.6 is 24.0 Å². The molecule has 0 bridgehead atoms. The van der Waals surface area contributed by atoms with Gasteiger partial charge in [-0.1, -0.05) is 31.2 Å². The fraction of sp³-hybridized carbons (Fsp3) is 0.696. The maximum Gasteiger partial charge on any atom is 0.191 e. The average molecular weight is 530 g/mol. The third-order valence-corrected chi connectivity index (χ3v) is 6.11. The van der Waals surface area contributed by atoms with E-state index in [1.807, 2.05) is 7.05 Å². The van der Waals surface area contributed by atoms with Gasteiger partial charge in [0.15, 0.2) is 5.96 Å². The minimum atomic E-state index is 0. The van der Waals surface area contributed by atoms with Gasteiger partial charge >= 0.3 is 0 Å². The van der Waals surface area contributed by atoms with Crippen LogP contribution in [0.3, 0.4) is 0 Å². The van der Waals surface area contributed by atoms with Gasteiger partial charge < -0.3 is 20.3 Å². The Morgan fingerprint density at radius 1 is 1.03 bits per heavy atom. The molecule has 1 aromatic rings.